The van der Waals surface area contributed by atoms with Gasteiger partial charge in [0.1, 0.15) is 36.0 Å². The van der Waals surface area contributed by atoms with E-state index in [2.05, 4.69) is 43.1 Å². The Morgan fingerprint density at radius 1 is 0.560 bits per heavy atom. The Kier molecular flexibility index (Phi) is 17.0. The highest BCUT2D eigenvalue weighted by atomic mass is 16.5. The van der Waals surface area contributed by atoms with Crippen LogP contribution in [0.15, 0.2) is 177 Å². The maximum Gasteiger partial charge on any atom is 0.326 e. The normalized spacial score (nSPS) is 13.1. The smallest absolute Gasteiger partial charge is 0.326 e. The molecule has 2 heterocycles. The molecule has 8 aromatic rings. The molecule has 5 atom stereocenters. The number of H-pyrrole nitrogens is 2. The number of aromatic nitrogens is 2. The van der Waals surface area contributed by atoms with Crippen molar-refractivity contribution in [3.8, 4) is 16.9 Å². The van der Waals surface area contributed by atoms with Crippen LogP contribution in [0.25, 0.3) is 38.5 Å². The molecule has 0 aliphatic carbocycles. The Hall–Kier alpha value is -9.24. The third kappa shape index (κ3) is 13.6. The Morgan fingerprint density at radius 3 is 1.81 bits per heavy atom. The van der Waals surface area contributed by atoms with E-state index < -0.39 is 72.3 Å². The van der Waals surface area contributed by atoms with Gasteiger partial charge in [0.15, 0.2) is 6.61 Å². The summed E-state index contributed by atoms with van der Waals surface area (Å²) in [7, 11) is 0. The van der Waals surface area contributed by atoms with Gasteiger partial charge in [-0.15, -0.1) is 0 Å². The third-order valence-corrected chi connectivity index (χ3v) is 13.0. The molecule has 0 aliphatic heterocycles. The molecule has 5 unspecified atom stereocenters. The number of aromatic amines is 2. The van der Waals surface area contributed by atoms with Gasteiger partial charge < -0.3 is 46.4 Å². The van der Waals surface area contributed by atoms with Gasteiger partial charge in [0.25, 0.3) is 5.91 Å². The van der Waals surface area contributed by atoms with Crippen LogP contribution in [0.3, 0.4) is 0 Å². The number of hydrogen-bond acceptors (Lipinski definition) is 7. The Morgan fingerprint density at radius 2 is 1.12 bits per heavy atom. The lowest BCUT2D eigenvalue weighted by atomic mass is 9.97. The van der Waals surface area contributed by atoms with Gasteiger partial charge in [-0.25, -0.2) is 4.79 Å². The molecule has 0 fully saturated rings. The van der Waals surface area contributed by atoms with Gasteiger partial charge in [-0.1, -0.05) is 146 Å². The van der Waals surface area contributed by atoms with Gasteiger partial charge in [0.05, 0.1) is 0 Å². The zero-order chi connectivity index (χ0) is 52.8. The zero-order valence-corrected chi connectivity index (χ0v) is 41.6. The second kappa shape index (κ2) is 24.5. The van der Waals surface area contributed by atoms with E-state index in [0.29, 0.717) is 28.9 Å². The number of rotatable bonds is 23. The molecule has 8 N–H and O–H groups in total. The molecule has 5 amide bonds. The standard InChI is InChI=1S/C60H59N7O8/c1-37-22-29-45(30-23-37)75-36-54(68)67-55(38(2)48-35-62-50-21-13-11-19-47(48)50)59(72)66-52(32-41-24-27-43(28-25-41)42-16-8-5-9-17-42)58(71)65-53(33-44-34-61-49-20-12-10-18-46(44)49)57(70)63-39(3)56(69)64-51(60(73)74)31-26-40-14-6-4-7-15-40/h4-25,27-30,34-35,39,51-53,55,61-62H,2,26,31-33,36H2,1,3H3,(H,63,70)(H,64,69)(H,65,71)(H,66,72)(H,67,68)(H,73,74). The highest BCUT2D eigenvalue weighted by molar-refractivity contribution is 6.05. The molecule has 15 heteroatoms. The predicted octanol–water partition coefficient (Wildman–Crippen LogP) is 7.36. The Labute approximate surface area is 434 Å². The lowest BCUT2D eigenvalue weighted by Crippen LogP contribution is -2.59. The van der Waals surface area contributed by atoms with Gasteiger partial charge >= 0.3 is 5.97 Å². The van der Waals surface area contributed by atoms with Crippen molar-refractivity contribution in [1.82, 2.24) is 36.6 Å². The maximum absolute atomic E-state index is 15.0. The van der Waals surface area contributed by atoms with E-state index in [1.54, 1.807) is 24.5 Å². The summed E-state index contributed by atoms with van der Waals surface area (Å²) in [5.41, 5.74) is 7.51. The van der Waals surface area contributed by atoms with Crippen LogP contribution in [0.5, 0.6) is 5.75 Å². The molecule has 0 bridgehead atoms. The zero-order valence-electron chi connectivity index (χ0n) is 41.6. The van der Waals surface area contributed by atoms with Crippen molar-refractivity contribution in [2.75, 3.05) is 6.61 Å². The number of carboxylic acid groups (broad SMARTS) is 1. The number of carboxylic acids is 1. The van der Waals surface area contributed by atoms with Gasteiger partial charge in [-0.05, 0) is 84.3 Å². The number of ether oxygens (including phenoxy) is 1. The van der Waals surface area contributed by atoms with E-state index in [0.717, 1.165) is 44.1 Å². The second-order valence-electron chi connectivity index (χ2n) is 18.5. The van der Waals surface area contributed by atoms with Crippen LogP contribution in [0, 0.1) is 6.92 Å². The van der Waals surface area contributed by atoms with Crippen LogP contribution in [0.4, 0.5) is 0 Å². The maximum atomic E-state index is 15.0. The molecule has 0 spiro atoms. The minimum absolute atomic E-state index is 0.0474. The van der Waals surface area contributed by atoms with Crippen LogP contribution in [0.2, 0.25) is 0 Å². The SMILES string of the molecule is C=C(c1c[nH]c2ccccc12)C(NC(=O)COc1ccc(C)cc1)C(=O)NC(Cc1ccc(-c2ccccc2)cc1)C(=O)NC(Cc1c[nH]c2ccccc12)C(=O)NC(C)C(=O)NC(CCc1ccccc1)C(=O)O. The Balaban J connectivity index is 1.07. The van der Waals surface area contributed by atoms with Crippen LogP contribution in [-0.2, 0) is 48.0 Å². The van der Waals surface area contributed by atoms with E-state index >= 15 is 4.79 Å². The third-order valence-electron chi connectivity index (χ3n) is 13.0. The topological polar surface area (TPSA) is 224 Å². The van der Waals surface area contributed by atoms with Crippen molar-refractivity contribution >= 4 is 62.9 Å². The molecule has 0 saturated heterocycles. The number of fused-ring (bicyclic) bond motifs is 2. The fourth-order valence-electron chi connectivity index (χ4n) is 8.84. The highest BCUT2D eigenvalue weighted by Crippen LogP contribution is 2.27. The number of aliphatic carboxylic acids is 1. The Bertz CT molecular complexity index is 3300. The second-order valence-corrected chi connectivity index (χ2v) is 18.5. The largest absolute Gasteiger partial charge is 0.484 e. The molecule has 8 rings (SSSR count). The van der Waals surface area contributed by atoms with Crippen molar-refractivity contribution in [2.45, 2.75) is 69.7 Å². The number of aryl methyl sites for hydroxylation is 2. The highest BCUT2D eigenvalue weighted by Gasteiger charge is 2.34. The quantitative estimate of drug-likeness (QED) is 0.0323. The summed E-state index contributed by atoms with van der Waals surface area (Å²) in [6, 6.07) is 42.0. The summed E-state index contributed by atoms with van der Waals surface area (Å²) in [6.45, 7) is 7.22. The minimum Gasteiger partial charge on any atom is -0.484 e. The molecule has 15 nitrogen and oxygen atoms in total. The summed E-state index contributed by atoms with van der Waals surface area (Å²) < 4.78 is 5.78. The van der Waals surface area contributed by atoms with Gasteiger partial charge in [0.2, 0.25) is 23.6 Å². The van der Waals surface area contributed by atoms with E-state index in [4.69, 9.17) is 4.74 Å². The monoisotopic (exact) mass is 1010 g/mol. The molecule has 0 saturated carbocycles. The van der Waals surface area contributed by atoms with E-state index in [-0.39, 0.29) is 24.8 Å². The van der Waals surface area contributed by atoms with Gasteiger partial charge in [0, 0.05) is 52.6 Å². The van der Waals surface area contributed by atoms with E-state index in [1.165, 1.54) is 6.92 Å². The number of benzene rings is 6. The molecule has 0 radical (unpaired) electrons. The summed E-state index contributed by atoms with van der Waals surface area (Å²) in [6.07, 6.45) is 3.82. The van der Waals surface area contributed by atoms with Crippen molar-refractivity contribution in [1.29, 1.82) is 0 Å². The summed E-state index contributed by atoms with van der Waals surface area (Å²) in [5.74, 6) is -4.40. The van der Waals surface area contributed by atoms with E-state index in [9.17, 15) is 29.1 Å². The number of carbonyl (C=O) groups is 6. The lowest BCUT2D eigenvalue weighted by molar-refractivity contribution is -0.142. The average Bonchev–Trinajstić information content (AvgIpc) is 4.05. The number of amides is 5. The summed E-state index contributed by atoms with van der Waals surface area (Å²) in [4.78, 5) is 90.5. The fourth-order valence-corrected chi connectivity index (χ4v) is 8.84. The van der Waals surface area contributed by atoms with Crippen LogP contribution >= 0.6 is 0 Å². The molecule has 0 aliphatic rings. The number of nitrogens with one attached hydrogen (secondary N) is 7. The lowest BCUT2D eigenvalue weighted by Gasteiger charge is -2.27. The average molecular weight is 1010 g/mol. The van der Waals surface area contributed by atoms with Crippen LogP contribution in [-0.4, -0.2) is 87.4 Å². The summed E-state index contributed by atoms with van der Waals surface area (Å²) in [5, 5.41) is 25.4. The number of para-hydroxylation sites is 2. The molecular formula is C60H59N7O8. The fraction of sp³-hybridized carbons (Fsp3) is 0.200. The molecule has 75 heavy (non-hydrogen) atoms. The minimum atomic E-state index is -1.42. The van der Waals surface area contributed by atoms with Crippen molar-refractivity contribution in [2.24, 2.45) is 0 Å². The first-order valence-electron chi connectivity index (χ1n) is 24.7. The molecule has 2 aromatic heterocycles. The number of carbonyl (C=O) groups excluding carboxylic acids is 5. The van der Waals surface area contributed by atoms with Crippen molar-refractivity contribution in [3.05, 3.63) is 205 Å². The molecule has 6 aromatic carbocycles. The first-order valence-corrected chi connectivity index (χ1v) is 24.7. The van der Waals surface area contributed by atoms with Crippen LogP contribution in [0.1, 0.15) is 41.2 Å². The summed E-state index contributed by atoms with van der Waals surface area (Å²) >= 11 is 0. The molecular weight excluding hydrogens is 947 g/mol. The number of hydrogen-bond donors (Lipinski definition) is 8. The van der Waals surface area contributed by atoms with Crippen molar-refractivity contribution in [3.63, 3.8) is 0 Å². The van der Waals surface area contributed by atoms with Gasteiger partial charge in [-0.3, -0.25) is 24.0 Å². The van der Waals surface area contributed by atoms with Crippen LogP contribution < -0.4 is 31.3 Å². The van der Waals surface area contributed by atoms with E-state index in [1.807, 2.05) is 153 Å². The van der Waals surface area contributed by atoms with Gasteiger partial charge in [-0.2, -0.15) is 0 Å². The first-order chi connectivity index (χ1) is 36.3. The first kappa shape index (κ1) is 52.1. The van der Waals surface area contributed by atoms with Crippen molar-refractivity contribution < 1.29 is 38.6 Å². The molecule has 382 valence electrons. The predicted molar refractivity (Wildman–Crippen MR) is 289 cm³/mol.